The van der Waals surface area contributed by atoms with Gasteiger partial charge in [0.25, 0.3) is 0 Å². The van der Waals surface area contributed by atoms with E-state index in [1.165, 1.54) is 0 Å². The Morgan fingerprint density at radius 2 is 2.28 bits per heavy atom. The predicted molar refractivity (Wildman–Crippen MR) is 65.6 cm³/mol. The Bertz CT molecular complexity index is 400. The van der Waals surface area contributed by atoms with E-state index in [1.54, 1.807) is 18.2 Å². The van der Waals surface area contributed by atoms with Gasteiger partial charge in [-0.2, -0.15) is 8.78 Å². The number of rotatable bonds is 4. The Morgan fingerprint density at radius 1 is 1.50 bits per heavy atom. The SMILES string of the molecule is CN1CC(CN)CC1c1cccc(OC(F)F)c1. The first-order valence-electron chi connectivity index (χ1n) is 6.05. The highest BCUT2D eigenvalue weighted by molar-refractivity contribution is 5.31. The summed E-state index contributed by atoms with van der Waals surface area (Å²) >= 11 is 0. The molecule has 2 rings (SSSR count). The Labute approximate surface area is 106 Å². The molecule has 1 aliphatic heterocycles. The fraction of sp³-hybridized carbons (Fsp3) is 0.538. The topological polar surface area (TPSA) is 38.5 Å². The quantitative estimate of drug-likeness (QED) is 0.898. The second kappa shape index (κ2) is 5.63. The van der Waals surface area contributed by atoms with Gasteiger partial charge in [0.1, 0.15) is 5.75 Å². The van der Waals surface area contributed by atoms with Crippen molar-refractivity contribution in [3.8, 4) is 5.75 Å². The molecule has 1 aromatic rings. The van der Waals surface area contributed by atoms with Crippen molar-refractivity contribution in [3.63, 3.8) is 0 Å². The van der Waals surface area contributed by atoms with Crippen LogP contribution >= 0.6 is 0 Å². The highest BCUT2D eigenvalue weighted by Crippen LogP contribution is 2.34. The summed E-state index contributed by atoms with van der Waals surface area (Å²) in [6.45, 7) is -1.17. The summed E-state index contributed by atoms with van der Waals surface area (Å²) in [6, 6.07) is 7.16. The molecule has 0 radical (unpaired) electrons. The van der Waals surface area contributed by atoms with Crippen molar-refractivity contribution >= 4 is 0 Å². The number of nitrogens with zero attached hydrogens (tertiary/aromatic N) is 1. The number of ether oxygens (including phenoxy) is 1. The lowest BCUT2D eigenvalue weighted by Gasteiger charge is -2.20. The zero-order valence-corrected chi connectivity index (χ0v) is 10.4. The molecule has 3 nitrogen and oxygen atoms in total. The fourth-order valence-electron chi connectivity index (χ4n) is 2.56. The lowest BCUT2D eigenvalue weighted by atomic mass is 10.00. The average Bonchev–Trinajstić information content (AvgIpc) is 2.70. The van der Waals surface area contributed by atoms with Crippen LogP contribution in [-0.2, 0) is 0 Å². The number of alkyl halides is 2. The molecule has 1 saturated heterocycles. The Balaban J connectivity index is 2.13. The van der Waals surface area contributed by atoms with E-state index in [0.717, 1.165) is 18.5 Å². The maximum atomic E-state index is 12.2. The summed E-state index contributed by atoms with van der Waals surface area (Å²) in [5, 5.41) is 0. The molecule has 0 bridgehead atoms. The normalized spacial score (nSPS) is 24.7. The average molecular weight is 256 g/mol. The summed E-state index contributed by atoms with van der Waals surface area (Å²) in [5.41, 5.74) is 6.69. The van der Waals surface area contributed by atoms with E-state index in [1.807, 2.05) is 13.1 Å². The second-order valence-electron chi connectivity index (χ2n) is 4.74. The zero-order valence-electron chi connectivity index (χ0n) is 10.4. The van der Waals surface area contributed by atoms with Crippen LogP contribution < -0.4 is 10.5 Å². The lowest BCUT2D eigenvalue weighted by molar-refractivity contribution is -0.0499. The van der Waals surface area contributed by atoms with Gasteiger partial charge in [-0.1, -0.05) is 12.1 Å². The maximum absolute atomic E-state index is 12.2. The third-order valence-electron chi connectivity index (χ3n) is 3.44. The summed E-state index contributed by atoms with van der Waals surface area (Å²) < 4.78 is 28.8. The van der Waals surface area contributed by atoms with E-state index in [9.17, 15) is 8.78 Å². The number of hydrogen-bond acceptors (Lipinski definition) is 3. The van der Waals surface area contributed by atoms with Crippen LogP contribution in [0, 0.1) is 5.92 Å². The van der Waals surface area contributed by atoms with E-state index < -0.39 is 6.61 Å². The van der Waals surface area contributed by atoms with Crippen molar-refractivity contribution < 1.29 is 13.5 Å². The van der Waals surface area contributed by atoms with Gasteiger partial charge in [-0.05, 0) is 43.6 Å². The van der Waals surface area contributed by atoms with E-state index in [-0.39, 0.29) is 11.8 Å². The third kappa shape index (κ3) is 2.97. The molecule has 0 spiro atoms. The largest absolute Gasteiger partial charge is 0.435 e. The van der Waals surface area contributed by atoms with Crippen LogP contribution in [0.3, 0.4) is 0 Å². The second-order valence-corrected chi connectivity index (χ2v) is 4.74. The van der Waals surface area contributed by atoms with Crippen molar-refractivity contribution in [3.05, 3.63) is 29.8 Å². The Morgan fingerprint density at radius 3 is 2.89 bits per heavy atom. The minimum atomic E-state index is -2.78. The van der Waals surface area contributed by atoms with Crippen LogP contribution in [-0.4, -0.2) is 31.6 Å². The molecular formula is C13H18F2N2O. The van der Waals surface area contributed by atoms with Gasteiger partial charge in [0.05, 0.1) is 0 Å². The maximum Gasteiger partial charge on any atom is 0.387 e. The van der Waals surface area contributed by atoms with Gasteiger partial charge in [-0.3, -0.25) is 4.90 Å². The molecule has 18 heavy (non-hydrogen) atoms. The molecule has 0 amide bonds. The minimum absolute atomic E-state index is 0.215. The van der Waals surface area contributed by atoms with Crippen molar-refractivity contribution in [2.24, 2.45) is 11.7 Å². The number of halogens is 2. The van der Waals surface area contributed by atoms with Crippen LogP contribution in [0.4, 0.5) is 8.78 Å². The molecule has 0 saturated carbocycles. The van der Waals surface area contributed by atoms with Crippen LogP contribution in [0.25, 0.3) is 0 Å². The molecule has 1 aliphatic rings. The van der Waals surface area contributed by atoms with Gasteiger partial charge in [0.2, 0.25) is 0 Å². The van der Waals surface area contributed by atoms with Crippen LogP contribution in [0.2, 0.25) is 0 Å². The highest BCUT2D eigenvalue weighted by atomic mass is 19.3. The molecule has 100 valence electrons. The Hall–Kier alpha value is -1.20. The van der Waals surface area contributed by atoms with Gasteiger partial charge in [0.15, 0.2) is 0 Å². The van der Waals surface area contributed by atoms with Gasteiger partial charge < -0.3 is 10.5 Å². The standard InChI is InChI=1S/C13H18F2N2O/c1-17-8-9(7-16)5-12(17)10-3-2-4-11(6-10)18-13(14)15/h2-4,6,9,12-13H,5,7-8,16H2,1H3. The molecule has 5 heteroatoms. The first kappa shape index (κ1) is 13.2. The summed E-state index contributed by atoms with van der Waals surface area (Å²) in [4.78, 5) is 2.21. The first-order valence-corrected chi connectivity index (χ1v) is 6.05. The molecule has 1 fully saturated rings. The monoisotopic (exact) mass is 256 g/mol. The minimum Gasteiger partial charge on any atom is -0.435 e. The fourth-order valence-corrected chi connectivity index (χ4v) is 2.56. The van der Waals surface area contributed by atoms with Crippen molar-refractivity contribution in [2.75, 3.05) is 20.1 Å². The van der Waals surface area contributed by atoms with E-state index in [2.05, 4.69) is 9.64 Å². The number of nitrogens with two attached hydrogens (primary N) is 1. The number of hydrogen-bond donors (Lipinski definition) is 1. The first-order chi connectivity index (χ1) is 8.60. The molecule has 1 heterocycles. The van der Waals surface area contributed by atoms with Gasteiger partial charge in [-0.25, -0.2) is 0 Å². The Kier molecular flexibility index (Phi) is 4.14. The highest BCUT2D eigenvalue weighted by Gasteiger charge is 2.29. The van der Waals surface area contributed by atoms with Gasteiger partial charge in [-0.15, -0.1) is 0 Å². The third-order valence-corrected chi connectivity index (χ3v) is 3.44. The van der Waals surface area contributed by atoms with Gasteiger partial charge >= 0.3 is 6.61 Å². The molecule has 2 unspecified atom stereocenters. The smallest absolute Gasteiger partial charge is 0.387 e. The van der Waals surface area contributed by atoms with Crippen LogP contribution in [0.5, 0.6) is 5.75 Å². The van der Waals surface area contributed by atoms with E-state index in [4.69, 9.17) is 5.73 Å². The number of benzene rings is 1. The van der Waals surface area contributed by atoms with Crippen molar-refractivity contribution in [2.45, 2.75) is 19.1 Å². The summed E-state index contributed by atoms with van der Waals surface area (Å²) in [6.07, 6.45) is 0.963. The van der Waals surface area contributed by atoms with Crippen LogP contribution in [0.15, 0.2) is 24.3 Å². The molecular weight excluding hydrogens is 238 g/mol. The summed E-state index contributed by atoms with van der Waals surface area (Å²) in [5.74, 6) is 0.687. The molecule has 0 aliphatic carbocycles. The zero-order chi connectivity index (χ0) is 13.1. The molecule has 1 aromatic carbocycles. The van der Waals surface area contributed by atoms with Gasteiger partial charge in [0, 0.05) is 12.6 Å². The molecule has 2 N–H and O–H groups in total. The predicted octanol–water partition coefficient (Wildman–Crippen LogP) is 2.24. The van der Waals surface area contributed by atoms with Crippen molar-refractivity contribution in [1.82, 2.24) is 4.90 Å². The van der Waals surface area contributed by atoms with Crippen LogP contribution in [0.1, 0.15) is 18.0 Å². The van der Waals surface area contributed by atoms with E-state index >= 15 is 0 Å². The van der Waals surface area contributed by atoms with Crippen molar-refractivity contribution in [1.29, 1.82) is 0 Å². The lowest BCUT2D eigenvalue weighted by Crippen LogP contribution is -2.20. The molecule has 0 aromatic heterocycles. The number of likely N-dealkylation sites (tertiary alicyclic amines) is 1. The van der Waals surface area contributed by atoms with E-state index in [0.29, 0.717) is 12.5 Å². The summed E-state index contributed by atoms with van der Waals surface area (Å²) in [7, 11) is 2.03. The molecule has 2 atom stereocenters.